The van der Waals surface area contributed by atoms with Gasteiger partial charge in [0.25, 0.3) is 11.8 Å². The van der Waals surface area contributed by atoms with E-state index in [1.54, 1.807) is 30.5 Å². The van der Waals surface area contributed by atoms with Crippen molar-refractivity contribution in [3.63, 3.8) is 0 Å². The predicted octanol–water partition coefficient (Wildman–Crippen LogP) is 3.29. The van der Waals surface area contributed by atoms with Crippen LogP contribution in [0.5, 0.6) is 0 Å². The fourth-order valence-corrected chi connectivity index (χ4v) is 2.62. The molecular formula is C21H18N4O2. The fraction of sp³-hybridized carbons (Fsp3) is 0.143. The van der Waals surface area contributed by atoms with Crippen LogP contribution >= 0.6 is 0 Å². The van der Waals surface area contributed by atoms with Crippen LogP contribution in [0.1, 0.15) is 33.7 Å². The molecule has 6 heteroatoms. The molecule has 1 aromatic heterocycles. The molecule has 2 aromatic carbocycles. The van der Waals surface area contributed by atoms with Gasteiger partial charge in [0.2, 0.25) is 0 Å². The Morgan fingerprint density at radius 2 is 1.63 bits per heavy atom. The SMILES string of the molecule is O=C(NC1CC1)c1ccc(-c2cncc(C(=O)Nc3ccccc3)n2)cc1. The Bertz CT molecular complexity index is 967. The second kappa shape index (κ2) is 7.37. The normalized spacial score (nSPS) is 13.0. The fourth-order valence-electron chi connectivity index (χ4n) is 2.62. The van der Waals surface area contributed by atoms with Crippen molar-refractivity contribution < 1.29 is 9.59 Å². The lowest BCUT2D eigenvalue weighted by Gasteiger charge is -2.07. The van der Waals surface area contributed by atoms with Gasteiger partial charge in [-0.3, -0.25) is 14.6 Å². The van der Waals surface area contributed by atoms with Crippen molar-refractivity contribution in [2.45, 2.75) is 18.9 Å². The Hall–Kier alpha value is -3.54. The summed E-state index contributed by atoms with van der Waals surface area (Å²) >= 11 is 0. The summed E-state index contributed by atoms with van der Waals surface area (Å²) in [4.78, 5) is 33.0. The average Bonchev–Trinajstić information content (AvgIpc) is 3.53. The zero-order chi connectivity index (χ0) is 18.6. The van der Waals surface area contributed by atoms with Crippen LogP contribution < -0.4 is 10.6 Å². The van der Waals surface area contributed by atoms with E-state index in [1.807, 2.05) is 30.3 Å². The van der Waals surface area contributed by atoms with Gasteiger partial charge in [-0.05, 0) is 37.1 Å². The number of nitrogens with one attached hydrogen (secondary N) is 2. The standard InChI is InChI=1S/C21H18N4O2/c26-20(23-17-10-11-17)15-8-6-14(7-9-15)18-12-22-13-19(25-18)21(27)24-16-4-2-1-3-5-16/h1-9,12-13,17H,10-11H2,(H,23,26)(H,24,27). The summed E-state index contributed by atoms with van der Waals surface area (Å²) in [6.45, 7) is 0. The molecule has 2 N–H and O–H groups in total. The Labute approximate surface area is 156 Å². The topological polar surface area (TPSA) is 84.0 Å². The first kappa shape index (κ1) is 16.9. The third-order valence-corrected chi connectivity index (χ3v) is 4.25. The summed E-state index contributed by atoms with van der Waals surface area (Å²) < 4.78 is 0. The zero-order valence-electron chi connectivity index (χ0n) is 14.6. The highest BCUT2D eigenvalue weighted by Gasteiger charge is 2.23. The number of aromatic nitrogens is 2. The van der Waals surface area contributed by atoms with Gasteiger partial charge >= 0.3 is 0 Å². The highest BCUT2D eigenvalue weighted by Crippen LogP contribution is 2.21. The van der Waals surface area contributed by atoms with Crippen molar-refractivity contribution in [3.8, 4) is 11.3 Å². The molecule has 1 aliphatic rings. The van der Waals surface area contributed by atoms with Crippen LogP contribution in [0.2, 0.25) is 0 Å². The van der Waals surface area contributed by atoms with Crippen LogP contribution in [0.15, 0.2) is 67.0 Å². The number of benzene rings is 2. The van der Waals surface area contributed by atoms with Crippen molar-refractivity contribution in [2.75, 3.05) is 5.32 Å². The number of carbonyl (C=O) groups excluding carboxylic acids is 2. The third kappa shape index (κ3) is 4.17. The van der Waals surface area contributed by atoms with E-state index in [0.717, 1.165) is 18.4 Å². The van der Waals surface area contributed by atoms with E-state index in [2.05, 4.69) is 20.6 Å². The number of hydrogen-bond acceptors (Lipinski definition) is 4. The molecule has 0 radical (unpaired) electrons. The minimum absolute atomic E-state index is 0.0638. The summed E-state index contributed by atoms with van der Waals surface area (Å²) in [7, 11) is 0. The largest absolute Gasteiger partial charge is 0.349 e. The minimum Gasteiger partial charge on any atom is -0.349 e. The van der Waals surface area contributed by atoms with Crippen LogP contribution in [0, 0.1) is 0 Å². The molecule has 6 nitrogen and oxygen atoms in total. The lowest BCUT2D eigenvalue weighted by Crippen LogP contribution is -2.25. The zero-order valence-corrected chi connectivity index (χ0v) is 14.6. The van der Waals surface area contributed by atoms with E-state index in [-0.39, 0.29) is 17.5 Å². The molecule has 1 heterocycles. The lowest BCUT2D eigenvalue weighted by atomic mass is 10.1. The number of amides is 2. The molecule has 134 valence electrons. The Balaban J connectivity index is 1.49. The van der Waals surface area contributed by atoms with Gasteiger partial charge in [0.15, 0.2) is 0 Å². The summed E-state index contributed by atoms with van der Waals surface area (Å²) in [6.07, 6.45) is 5.13. The van der Waals surface area contributed by atoms with Crippen molar-refractivity contribution in [3.05, 3.63) is 78.2 Å². The van der Waals surface area contributed by atoms with Gasteiger partial charge < -0.3 is 10.6 Å². The maximum atomic E-state index is 12.4. The number of anilines is 1. The second-order valence-electron chi connectivity index (χ2n) is 6.43. The first-order valence-corrected chi connectivity index (χ1v) is 8.79. The van der Waals surface area contributed by atoms with Crippen LogP contribution in [0.25, 0.3) is 11.3 Å². The van der Waals surface area contributed by atoms with Crippen molar-refractivity contribution >= 4 is 17.5 Å². The Morgan fingerprint density at radius 3 is 2.33 bits per heavy atom. The number of para-hydroxylation sites is 1. The van der Waals surface area contributed by atoms with Gasteiger partial charge in [-0.15, -0.1) is 0 Å². The van der Waals surface area contributed by atoms with Crippen LogP contribution in [0.3, 0.4) is 0 Å². The smallest absolute Gasteiger partial charge is 0.275 e. The molecule has 0 unspecified atom stereocenters. The van der Waals surface area contributed by atoms with Crippen molar-refractivity contribution in [1.82, 2.24) is 15.3 Å². The molecule has 4 rings (SSSR count). The molecule has 27 heavy (non-hydrogen) atoms. The van der Waals surface area contributed by atoms with Crippen molar-refractivity contribution in [2.24, 2.45) is 0 Å². The molecule has 0 aliphatic heterocycles. The number of nitrogens with zero attached hydrogens (tertiary/aromatic N) is 2. The number of rotatable bonds is 5. The average molecular weight is 358 g/mol. The monoisotopic (exact) mass is 358 g/mol. The second-order valence-corrected chi connectivity index (χ2v) is 6.43. The van der Waals surface area contributed by atoms with Gasteiger partial charge in [0.1, 0.15) is 5.69 Å². The molecule has 3 aromatic rings. The molecule has 0 bridgehead atoms. The predicted molar refractivity (Wildman–Crippen MR) is 102 cm³/mol. The number of carbonyl (C=O) groups is 2. The molecule has 1 aliphatic carbocycles. The molecule has 0 spiro atoms. The van der Waals surface area contributed by atoms with Gasteiger partial charge in [-0.25, -0.2) is 4.98 Å². The minimum atomic E-state index is -0.323. The highest BCUT2D eigenvalue weighted by atomic mass is 16.2. The summed E-state index contributed by atoms with van der Waals surface area (Å²) in [5, 5.41) is 5.75. The molecule has 0 atom stereocenters. The third-order valence-electron chi connectivity index (χ3n) is 4.25. The summed E-state index contributed by atoms with van der Waals surface area (Å²) in [5.41, 5.74) is 2.90. The van der Waals surface area contributed by atoms with E-state index in [0.29, 0.717) is 23.0 Å². The molecule has 0 saturated heterocycles. The van der Waals surface area contributed by atoms with E-state index in [9.17, 15) is 9.59 Å². The first-order chi connectivity index (χ1) is 13.2. The van der Waals surface area contributed by atoms with E-state index >= 15 is 0 Å². The first-order valence-electron chi connectivity index (χ1n) is 8.79. The summed E-state index contributed by atoms with van der Waals surface area (Å²) in [6, 6.07) is 16.6. The maximum Gasteiger partial charge on any atom is 0.275 e. The maximum absolute atomic E-state index is 12.4. The molecular weight excluding hydrogens is 340 g/mol. The van der Waals surface area contributed by atoms with Gasteiger partial charge in [0, 0.05) is 22.9 Å². The van der Waals surface area contributed by atoms with Crippen LogP contribution in [-0.2, 0) is 0 Å². The van der Waals surface area contributed by atoms with Gasteiger partial charge in [-0.1, -0.05) is 30.3 Å². The van der Waals surface area contributed by atoms with Crippen LogP contribution in [0.4, 0.5) is 5.69 Å². The molecule has 1 fully saturated rings. The Kier molecular flexibility index (Phi) is 4.61. The van der Waals surface area contributed by atoms with Crippen LogP contribution in [-0.4, -0.2) is 27.8 Å². The molecule has 2 amide bonds. The number of hydrogen-bond donors (Lipinski definition) is 2. The van der Waals surface area contributed by atoms with Gasteiger partial charge in [0.05, 0.1) is 18.1 Å². The lowest BCUT2D eigenvalue weighted by molar-refractivity contribution is 0.0950. The van der Waals surface area contributed by atoms with E-state index in [1.165, 1.54) is 6.20 Å². The summed E-state index contributed by atoms with van der Waals surface area (Å²) in [5.74, 6) is -0.387. The Morgan fingerprint density at radius 1 is 0.889 bits per heavy atom. The quantitative estimate of drug-likeness (QED) is 0.733. The van der Waals surface area contributed by atoms with E-state index < -0.39 is 0 Å². The highest BCUT2D eigenvalue weighted by molar-refractivity contribution is 6.03. The van der Waals surface area contributed by atoms with Crippen molar-refractivity contribution in [1.29, 1.82) is 0 Å². The molecule has 1 saturated carbocycles. The van der Waals surface area contributed by atoms with Gasteiger partial charge in [-0.2, -0.15) is 0 Å². The van der Waals surface area contributed by atoms with E-state index in [4.69, 9.17) is 0 Å².